The standard InChI is InChI=1S/C19H21N3O3S/c1-4-9-20-16(23)10-22-12(2)21-18-17(19(22)24)15(11-26-18)13-5-7-14(25-3)8-6-13/h5-8,11H,4,9-10H2,1-3H3,(H,20,23). The Bertz CT molecular complexity index is 990. The molecule has 2 heterocycles. The fourth-order valence-electron chi connectivity index (χ4n) is 2.76. The largest absolute Gasteiger partial charge is 0.497 e. The number of fused-ring (bicyclic) bond motifs is 1. The van der Waals surface area contributed by atoms with Crippen molar-refractivity contribution in [1.82, 2.24) is 14.9 Å². The van der Waals surface area contributed by atoms with Gasteiger partial charge in [-0.15, -0.1) is 11.3 Å². The number of ether oxygens (including phenoxy) is 1. The molecule has 26 heavy (non-hydrogen) atoms. The molecule has 0 fully saturated rings. The first-order valence-electron chi connectivity index (χ1n) is 8.45. The number of aryl methyl sites for hydroxylation is 1. The maximum absolute atomic E-state index is 13.1. The SMILES string of the molecule is CCCNC(=O)Cn1c(C)nc2scc(-c3ccc(OC)cc3)c2c1=O. The van der Waals surface area contributed by atoms with Gasteiger partial charge in [-0.1, -0.05) is 19.1 Å². The summed E-state index contributed by atoms with van der Waals surface area (Å²) in [4.78, 5) is 30.3. The van der Waals surface area contributed by atoms with Crippen molar-refractivity contribution in [3.05, 3.63) is 45.8 Å². The lowest BCUT2D eigenvalue weighted by Gasteiger charge is -2.10. The summed E-state index contributed by atoms with van der Waals surface area (Å²) in [6, 6.07) is 7.55. The van der Waals surface area contributed by atoms with Crippen LogP contribution in [0.5, 0.6) is 5.75 Å². The molecule has 0 unspecified atom stereocenters. The predicted octanol–water partition coefficient (Wildman–Crippen LogP) is 2.97. The van der Waals surface area contributed by atoms with Crippen LogP contribution in [0.25, 0.3) is 21.3 Å². The Balaban J connectivity index is 2.06. The molecule has 3 rings (SSSR count). The van der Waals surface area contributed by atoms with Crippen LogP contribution in [-0.4, -0.2) is 29.1 Å². The van der Waals surface area contributed by atoms with E-state index in [0.717, 1.165) is 23.3 Å². The molecule has 1 amide bonds. The van der Waals surface area contributed by atoms with Crippen LogP contribution in [0.2, 0.25) is 0 Å². The summed E-state index contributed by atoms with van der Waals surface area (Å²) >= 11 is 1.43. The first kappa shape index (κ1) is 18.1. The van der Waals surface area contributed by atoms with Crippen molar-refractivity contribution in [3.8, 4) is 16.9 Å². The minimum absolute atomic E-state index is 0.0223. The lowest BCUT2D eigenvalue weighted by atomic mass is 10.1. The summed E-state index contributed by atoms with van der Waals surface area (Å²) < 4.78 is 6.63. The van der Waals surface area contributed by atoms with E-state index in [2.05, 4.69) is 10.3 Å². The summed E-state index contributed by atoms with van der Waals surface area (Å²) in [6.45, 7) is 4.31. The van der Waals surface area contributed by atoms with Crippen LogP contribution >= 0.6 is 11.3 Å². The Morgan fingerprint density at radius 2 is 2.04 bits per heavy atom. The van der Waals surface area contributed by atoms with Crippen molar-refractivity contribution in [2.45, 2.75) is 26.8 Å². The minimum atomic E-state index is -0.189. The summed E-state index contributed by atoms with van der Waals surface area (Å²) in [5.74, 6) is 1.11. The number of aromatic nitrogens is 2. The quantitative estimate of drug-likeness (QED) is 0.723. The van der Waals surface area contributed by atoms with Gasteiger partial charge in [0.1, 0.15) is 22.9 Å². The highest BCUT2D eigenvalue weighted by atomic mass is 32.1. The molecule has 0 aliphatic heterocycles. The molecule has 1 N–H and O–H groups in total. The van der Waals surface area contributed by atoms with E-state index in [1.165, 1.54) is 15.9 Å². The monoisotopic (exact) mass is 371 g/mol. The molecular formula is C19H21N3O3S. The van der Waals surface area contributed by atoms with E-state index >= 15 is 0 Å². The zero-order valence-electron chi connectivity index (χ0n) is 15.0. The Labute approximate surface area is 155 Å². The van der Waals surface area contributed by atoms with E-state index < -0.39 is 0 Å². The number of rotatable bonds is 6. The Kier molecular flexibility index (Phi) is 5.37. The van der Waals surface area contributed by atoms with Crippen molar-refractivity contribution in [3.63, 3.8) is 0 Å². The highest BCUT2D eigenvalue weighted by molar-refractivity contribution is 7.17. The first-order valence-corrected chi connectivity index (χ1v) is 9.33. The van der Waals surface area contributed by atoms with Crippen LogP contribution in [0.1, 0.15) is 19.2 Å². The van der Waals surface area contributed by atoms with Gasteiger partial charge in [-0.3, -0.25) is 14.2 Å². The van der Waals surface area contributed by atoms with Crippen molar-refractivity contribution in [2.24, 2.45) is 0 Å². The number of nitrogens with zero attached hydrogens (tertiary/aromatic N) is 2. The summed E-state index contributed by atoms with van der Waals surface area (Å²) in [5.41, 5.74) is 1.56. The molecule has 0 atom stereocenters. The zero-order chi connectivity index (χ0) is 18.7. The molecule has 0 spiro atoms. The van der Waals surface area contributed by atoms with Crippen molar-refractivity contribution in [2.75, 3.05) is 13.7 Å². The van der Waals surface area contributed by atoms with Crippen LogP contribution in [0.3, 0.4) is 0 Å². The average molecular weight is 371 g/mol. The van der Waals surface area contributed by atoms with Crippen LogP contribution in [-0.2, 0) is 11.3 Å². The second-order valence-electron chi connectivity index (χ2n) is 5.96. The van der Waals surface area contributed by atoms with E-state index in [1.807, 2.05) is 36.6 Å². The Hall–Kier alpha value is -2.67. The smallest absolute Gasteiger partial charge is 0.263 e. The molecule has 0 radical (unpaired) electrons. The van der Waals surface area contributed by atoms with Crippen LogP contribution in [0.15, 0.2) is 34.4 Å². The molecule has 136 valence electrons. The maximum Gasteiger partial charge on any atom is 0.263 e. The summed E-state index contributed by atoms with van der Waals surface area (Å²) in [5, 5.41) is 5.28. The van der Waals surface area contributed by atoms with Gasteiger partial charge in [0, 0.05) is 17.5 Å². The van der Waals surface area contributed by atoms with Gasteiger partial charge in [-0.25, -0.2) is 4.98 Å². The van der Waals surface area contributed by atoms with E-state index in [9.17, 15) is 9.59 Å². The molecule has 2 aromatic heterocycles. The van der Waals surface area contributed by atoms with E-state index in [0.29, 0.717) is 22.6 Å². The van der Waals surface area contributed by atoms with Gasteiger partial charge < -0.3 is 10.1 Å². The fraction of sp³-hybridized carbons (Fsp3) is 0.316. The molecule has 0 bridgehead atoms. The van der Waals surface area contributed by atoms with Crippen molar-refractivity contribution >= 4 is 27.5 Å². The predicted molar refractivity (Wildman–Crippen MR) is 104 cm³/mol. The molecule has 0 saturated carbocycles. The number of amides is 1. The lowest BCUT2D eigenvalue weighted by Crippen LogP contribution is -2.34. The first-order chi connectivity index (χ1) is 12.5. The van der Waals surface area contributed by atoms with Gasteiger partial charge in [-0.05, 0) is 31.0 Å². The third-order valence-electron chi connectivity index (χ3n) is 4.16. The number of hydrogen-bond acceptors (Lipinski definition) is 5. The van der Waals surface area contributed by atoms with Gasteiger partial charge in [0.2, 0.25) is 5.91 Å². The van der Waals surface area contributed by atoms with Crippen LogP contribution in [0.4, 0.5) is 0 Å². The van der Waals surface area contributed by atoms with E-state index in [4.69, 9.17) is 4.74 Å². The third kappa shape index (κ3) is 3.48. The number of carbonyl (C=O) groups is 1. The number of methoxy groups -OCH3 is 1. The van der Waals surface area contributed by atoms with Gasteiger partial charge in [0.15, 0.2) is 0 Å². The number of carbonyl (C=O) groups excluding carboxylic acids is 1. The number of hydrogen-bond donors (Lipinski definition) is 1. The molecule has 0 aliphatic carbocycles. The van der Waals surface area contributed by atoms with E-state index in [1.54, 1.807) is 14.0 Å². The zero-order valence-corrected chi connectivity index (χ0v) is 15.9. The molecule has 3 aromatic rings. The molecule has 0 aliphatic rings. The second-order valence-corrected chi connectivity index (χ2v) is 6.82. The fourth-order valence-corrected chi connectivity index (χ4v) is 3.74. The van der Waals surface area contributed by atoms with Gasteiger partial charge >= 0.3 is 0 Å². The summed E-state index contributed by atoms with van der Waals surface area (Å²) in [6.07, 6.45) is 0.850. The molecule has 7 heteroatoms. The minimum Gasteiger partial charge on any atom is -0.497 e. The van der Waals surface area contributed by atoms with Crippen molar-refractivity contribution in [1.29, 1.82) is 0 Å². The Morgan fingerprint density at radius 3 is 2.69 bits per heavy atom. The van der Waals surface area contributed by atoms with Crippen LogP contribution < -0.4 is 15.6 Å². The Morgan fingerprint density at radius 1 is 1.31 bits per heavy atom. The molecule has 1 aromatic carbocycles. The number of nitrogens with one attached hydrogen (secondary N) is 1. The van der Waals surface area contributed by atoms with Crippen molar-refractivity contribution < 1.29 is 9.53 Å². The second kappa shape index (κ2) is 7.70. The number of benzene rings is 1. The van der Waals surface area contributed by atoms with Gasteiger partial charge in [0.25, 0.3) is 5.56 Å². The third-order valence-corrected chi connectivity index (χ3v) is 5.03. The molecule has 0 saturated heterocycles. The topological polar surface area (TPSA) is 73.2 Å². The highest BCUT2D eigenvalue weighted by Gasteiger charge is 2.17. The number of thiophene rings is 1. The average Bonchev–Trinajstić information content (AvgIpc) is 3.07. The molecule has 6 nitrogen and oxygen atoms in total. The summed E-state index contributed by atoms with van der Waals surface area (Å²) in [7, 11) is 1.62. The molecular weight excluding hydrogens is 350 g/mol. The van der Waals surface area contributed by atoms with Gasteiger partial charge in [0.05, 0.1) is 12.5 Å². The lowest BCUT2D eigenvalue weighted by molar-refractivity contribution is -0.121. The maximum atomic E-state index is 13.1. The van der Waals surface area contributed by atoms with Crippen LogP contribution in [0, 0.1) is 6.92 Å². The van der Waals surface area contributed by atoms with E-state index in [-0.39, 0.29) is 18.0 Å². The normalized spacial score (nSPS) is 10.9. The van der Waals surface area contributed by atoms with Gasteiger partial charge in [-0.2, -0.15) is 0 Å². The highest BCUT2D eigenvalue weighted by Crippen LogP contribution is 2.31.